The van der Waals surface area contributed by atoms with Crippen molar-refractivity contribution in [3.8, 4) is 0 Å². The third-order valence-corrected chi connectivity index (χ3v) is 2.77. The Morgan fingerprint density at radius 2 is 2.05 bits per heavy atom. The van der Waals surface area contributed by atoms with E-state index in [-0.39, 0.29) is 5.91 Å². The van der Waals surface area contributed by atoms with Crippen LogP contribution in [0.4, 0.5) is 10.1 Å². The van der Waals surface area contributed by atoms with Crippen LogP contribution in [0.2, 0.25) is 0 Å². The number of nitrogens with one attached hydrogen (secondary N) is 1. The van der Waals surface area contributed by atoms with Gasteiger partial charge >= 0.3 is 0 Å². The maximum Gasteiger partial charge on any atom is 0.257 e. The van der Waals surface area contributed by atoms with Gasteiger partial charge < -0.3 is 5.32 Å². The highest BCUT2D eigenvalue weighted by Crippen LogP contribution is 2.17. The number of halogens is 1. The van der Waals surface area contributed by atoms with Crippen LogP contribution in [-0.4, -0.2) is 10.9 Å². The molecule has 1 heterocycles. The van der Waals surface area contributed by atoms with Gasteiger partial charge in [0.15, 0.2) is 0 Å². The molecule has 0 aliphatic heterocycles. The summed E-state index contributed by atoms with van der Waals surface area (Å²) in [5.41, 5.74) is 2.22. The minimum absolute atomic E-state index is 0.281. The topological polar surface area (TPSA) is 42.0 Å². The molecular weight excluding hydrogens is 243 g/mol. The number of aryl methyl sites for hydroxylation is 1. The molecule has 0 unspecified atom stereocenters. The zero-order chi connectivity index (χ0) is 13.7. The average molecular weight is 258 g/mol. The highest BCUT2D eigenvalue weighted by atomic mass is 19.1. The Bertz CT molecular complexity index is 567. The van der Waals surface area contributed by atoms with Gasteiger partial charge in [-0.2, -0.15) is 4.39 Å². The quantitative estimate of drug-likeness (QED) is 0.854. The lowest BCUT2D eigenvalue weighted by atomic mass is 10.1. The Hall–Kier alpha value is -2.23. The van der Waals surface area contributed by atoms with Crippen molar-refractivity contribution in [2.75, 3.05) is 5.32 Å². The molecule has 0 atom stereocenters. The van der Waals surface area contributed by atoms with Crippen LogP contribution in [0.15, 0.2) is 42.6 Å². The maximum absolute atomic E-state index is 12.7. The van der Waals surface area contributed by atoms with Crippen LogP contribution in [0.25, 0.3) is 0 Å². The second-order valence-corrected chi connectivity index (χ2v) is 4.23. The molecule has 0 saturated heterocycles. The van der Waals surface area contributed by atoms with Gasteiger partial charge in [-0.25, -0.2) is 4.98 Å². The fourth-order valence-corrected chi connectivity index (χ4v) is 1.83. The SMILES string of the molecule is CCCc1ccccc1NC(=O)c1ccc(F)nc1. The van der Waals surface area contributed by atoms with E-state index in [0.29, 0.717) is 5.56 Å². The Morgan fingerprint density at radius 1 is 1.26 bits per heavy atom. The molecule has 0 fully saturated rings. The zero-order valence-corrected chi connectivity index (χ0v) is 10.7. The number of anilines is 1. The zero-order valence-electron chi connectivity index (χ0n) is 10.7. The molecule has 98 valence electrons. The van der Waals surface area contributed by atoms with Crippen LogP contribution in [0.1, 0.15) is 29.3 Å². The molecule has 3 nitrogen and oxygen atoms in total. The summed E-state index contributed by atoms with van der Waals surface area (Å²) in [7, 11) is 0. The Morgan fingerprint density at radius 3 is 2.74 bits per heavy atom. The average Bonchev–Trinajstić information content (AvgIpc) is 2.42. The van der Waals surface area contributed by atoms with Crippen molar-refractivity contribution < 1.29 is 9.18 Å². The molecule has 1 aromatic carbocycles. The molecule has 0 radical (unpaired) electrons. The molecule has 1 aromatic heterocycles. The highest BCUT2D eigenvalue weighted by Gasteiger charge is 2.09. The van der Waals surface area contributed by atoms with Crippen molar-refractivity contribution in [2.45, 2.75) is 19.8 Å². The van der Waals surface area contributed by atoms with Crippen molar-refractivity contribution in [2.24, 2.45) is 0 Å². The second-order valence-electron chi connectivity index (χ2n) is 4.23. The first-order chi connectivity index (χ1) is 9.20. The standard InChI is InChI=1S/C15H15FN2O/c1-2-5-11-6-3-4-7-13(11)18-15(19)12-8-9-14(16)17-10-12/h3-4,6-10H,2,5H2,1H3,(H,18,19). The van der Waals surface area contributed by atoms with Crippen molar-refractivity contribution >= 4 is 11.6 Å². The van der Waals surface area contributed by atoms with Crippen LogP contribution in [-0.2, 0) is 6.42 Å². The lowest BCUT2D eigenvalue weighted by Crippen LogP contribution is -2.13. The van der Waals surface area contributed by atoms with Gasteiger partial charge in [0.1, 0.15) is 0 Å². The number of para-hydroxylation sites is 1. The molecule has 0 aliphatic carbocycles. The van der Waals surface area contributed by atoms with E-state index >= 15 is 0 Å². The largest absolute Gasteiger partial charge is 0.322 e. The van der Waals surface area contributed by atoms with E-state index in [1.807, 2.05) is 24.3 Å². The van der Waals surface area contributed by atoms with Gasteiger partial charge in [0, 0.05) is 11.9 Å². The summed E-state index contributed by atoms with van der Waals surface area (Å²) < 4.78 is 12.7. The van der Waals surface area contributed by atoms with Gasteiger partial charge in [-0.3, -0.25) is 4.79 Å². The predicted molar refractivity (Wildman–Crippen MR) is 72.6 cm³/mol. The van der Waals surface area contributed by atoms with Gasteiger partial charge in [0.25, 0.3) is 5.91 Å². The van der Waals surface area contributed by atoms with Crippen LogP contribution in [0, 0.1) is 5.95 Å². The molecule has 0 aliphatic rings. The third-order valence-electron chi connectivity index (χ3n) is 2.77. The molecule has 0 spiro atoms. The molecule has 19 heavy (non-hydrogen) atoms. The molecular formula is C15H15FN2O. The maximum atomic E-state index is 12.7. The van der Waals surface area contributed by atoms with E-state index < -0.39 is 5.95 Å². The first-order valence-electron chi connectivity index (χ1n) is 6.21. The number of carbonyl (C=O) groups excluding carboxylic acids is 1. The number of nitrogens with zero attached hydrogens (tertiary/aromatic N) is 1. The van der Waals surface area contributed by atoms with Gasteiger partial charge in [0.2, 0.25) is 5.95 Å². The minimum Gasteiger partial charge on any atom is -0.322 e. The summed E-state index contributed by atoms with van der Waals surface area (Å²) in [6, 6.07) is 10.3. The van der Waals surface area contributed by atoms with Crippen molar-refractivity contribution in [1.29, 1.82) is 0 Å². The van der Waals surface area contributed by atoms with Gasteiger partial charge in [-0.1, -0.05) is 31.5 Å². The number of benzene rings is 1. The smallest absolute Gasteiger partial charge is 0.257 e. The van der Waals surface area contributed by atoms with Gasteiger partial charge in [-0.05, 0) is 30.2 Å². The monoisotopic (exact) mass is 258 g/mol. The first kappa shape index (κ1) is 13.2. The number of pyridine rings is 1. The van der Waals surface area contributed by atoms with Crippen molar-refractivity contribution in [3.05, 3.63) is 59.7 Å². The summed E-state index contributed by atoms with van der Waals surface area (Å²) >= 11 is 0. The molecule has 1 N–H and O–H groups in total. The predicted octanol–water partition coefficient (Wildman–Crippen LogP) is 3.43. The van der Waals surface area contributed by atoms with E-state index in [0.717, 1.165) is 24.1 Å². The first-order valence-corrected chi connectivity index (χ1v) is 6.21. The normalized spacial score (nSPS) is 10.2. The molecule has 4 heteroatoms. The van der Waals surface area contributed by atoms with Crippen LogP contribution < -0.4 is 5.32 Å². The van der Waals surface area contributed by atoms with Gasteiger partial charge in [0.05, 0.1) is 5.56 Å². The van der Waals surface area contributed by atoms with Gasteiger partial charge in [-0.15, -0.1) is 0 Å². The van der Waals surface area contributed by atoms with Crippen molar-refractivity contribution in [1.82, 2.24) is 4.98 Å². The summed E-state index contributed by atoms with van der Waals surface area (Å²) in [6.07, 6.45) is 3.14. The number of rotatable bonds is 4. The lowest BCUT2D eigenvalue weighted by Gasteiger charge is -2.10. The molecule has 0 saturated carbocycles. The molecule has 0 bridgehead atoms. The van der Waals surface area contributed by atoms with E-state index in [4.69, 9.17) is 0 Å². The van der Waals surface area contributed by atoms with Crippen LogP contribution in [0.5, 0.6) is 0 Å². The second kappa shape index (κ2) is 6.09. The molecule has 2 aromatic rings. The summed E-state index contributed by atoms with van der Waals surface area (Å²) in [5, 5.41) is 2.83. The van der Waals surface area contributed by atoms with Crippen LogP contribution >= 0.6 is 0 Å². The van der Waals surface area contributed by atoms with Crippen LogP contribution in [0.3, 0.4) is 0 Å². The fourth-order valence-electron chi connectivity index (χ4n) is 1.83. The fraction of sp³-hybridized carbons (Fsp3) is 0.200. The Kier molecular flexibility index (Phi) is 4.23. The Balaban J connectivity index is 2.16. The number of hydrogen-bond donors (Lipinski definition) is 1. The lowest BCUT2D eigenvalue weighted by molar-refractivity contribution is 0.102. The summed E-state index contributed by atoms with van der Waals surface area (Å²) in [5.74, 6) is -0.876. The number of carbonyl (C=O) groups is 1. The highest BCUT2D eigenvalue weighted by molar-refractivity contribution is 6.04. The van der Waals surface area contributed by atoms with E-state index in [1.54, 1.807) is 0 Å². The summed E-state index contributed by atoms with van der Waals surface area (Å²) in [4.78, 5) is 15.5. The number of aromatic nitrogens is 1. The van der Waals surface area contributed by atoms with Crippen molar-refractivity contribution in [3.63, 3.8) is 0 Å². The number of hydrogen-bond acceptors (Lipinski definition) is 2. The van der Waals surface area contributed by atoms with E-state index in [2.05, 4.69) is 17.2 Å². The van der Waals surface area contributed by atoms with E-state index in [9.17, 15) is 9.18 Å². The molecule has 1 amide bonds. The number of amides is 1. The minimum atomic E-state index is -0.595. The summed E-state index contributed by atoms with van der Waals surface area (Å²) in [6.45, 7) is 2.09. The molecule has 2 rings (SSSR count). The Labute approximate surface area is 111 Å². The third kappa shape index (κ3) is 3.37. The van der Waals surface area contributed by atoms with E-state index in [1.165, 1.54) is 18.3 Å².